The highest BCUT2D eigenvalue weighted by molar-refractivity contribution is 5.97. The van der Waals surface area contributed by atoms with Crippen LogP contribution < -0.4 is 10.4 Å². The first-order valence-electron chi connectivity index (χ1n) is 9.69. The maximum atomic E-state index is 4.23. The molecule has 0 saturated heterocycles. The zero-order valence-corrected chi connectivity index (χ0v) is 16.4. The lowest BCUT2D eigenvalue weighted by atomic mass is 9.91. The molecule has 4 aromatic carbocycles. The van der Waals surface area contributed by atoms with Crippen molar-refractivity contribution in [2.24, 2.45) is 0 Å². The molecule has 4 rings (SSSR count). The second-order valence-corrected chi connectivity index (χ2v) is 7.13. The molecule has 136 valence electrons. The van der Waals surface area contributed by atoms with Gasteiger partial charge in [0.1, 0.15) is 0 Å². The Morgan fingerprint density at radius 1 is 0.786 bits per heavy atom. The summed E-state index contributed by atoms with van der Waals surface area (Å²) in [7, 11) is 0. The van der Waals surface area contributed by atoms with Crippen LogP contribution in [0.1, 0.15) is 18.1 Å². The van der Waals surface area contributed by atoms with Crippen LogP contribution in [0.25, 0.3) is 34.1 Å². The average Bonchev–Trinajstić information content (AvgIpc) is 2.73. The quantitative estimate of drug-likeness (QED) is 0.420. The Balaban J connectivity index is 2.01. The molecular formula is C28H24. The minimum atomic E-state index is 1.04. The van der Waals surface area contributed by atoms with Crippen molar-refractivity contribution in [3.8, 4) is 11.1 Å². The highest BCUT2D eigenvalue weighted by Gasteiger charge is 2.09. The molecule has 0 aliphatic heterocycles. The predicted molar refractivity (Wildman–Crippen MR) is 123 cm³/mol. The normalized spacial score (nSPS) is 12.5. The Labute approximate surface area is 166 Å². The second kappa shape index (κ2) is 7.70. The molecule has 0 spiro atoms. The average molecular weight is 361 g/mol. The van der Waals surface area contributed by atoms with Gasteiger partial charge >= 0.3 is 0 Å². The molecule has 28 heavy (non-hydrogen) atoms. The van der Waals surface area contributed by atoms with Crippen LogP contribution in [0.5, 0.6) is 0 Å². The standard InChI is InChI=1S/C28H24/c1-4-10-25(24-14-7-5-11-20(24)2)23-18-17-21(3)28(19-23)27-16-9-13-22-12-6-8-15-26(22)27/h4-19H,2H2,1,3H3/b10-4?,25-24+. The third kappa shape index (κ3) is 3.30. The number of hydrogen-bond acceptors (Lipinski definition) is 0. The minimum Gasteiger partial charge on any atom is -0.0911 e. The lowest BCUT2D eigenvalue weighted by Crippen LogP contribution is -2.24. The van der Waals surface area contributed by atoms with E-state index in [-0.39, 0.29) is 0 Å². The van der Waals surface area contributed by atoms with Crippen molar-refractivity contribution in [3.05, 3.63) is 119 Å². The summed E-state index contributed by atoms with van der Waals surface area (Å²) in [6.45, 7) is 8.48. The second-order valence-electron chi connectivity index (χ2n) is 7.13. The van der Waals surface area contributed by atoms with Crippen LogP contribution in [-0.4, -0.2) is 0 Å². The van der Waals surface area contributed by atoms with Gasteiger partial charge in [-0.15, -0.1) is 0 Å². The van der Waals surface area contributed by atoms with E-state index in [1.54, 1.807) is 0 Å². The maximum Gasteiger partial charge on any atom is -0.0103 e. The first-order valence-corrected chi connectivity index (χ1v) is 9.69. The highest BCUT2D eigenvalue weighted by atomic mass is 14.1. The molecule has 0 aliphatic rings. The van der Waals surface area contributed by atoms with Gasteiger partial charge in [0.2, 0.25) is 0 Å². The highest BCUT2D eigenvalue weighted by Crippen LogP contribution is 2.32. The van der Waals surface area contributed by atoms with Crippen LogP contribution >= 0.6 is 0 Å². The van der Waals surface area contributed by atoms with Crippen molar-refractivity contribution in [3.63, 3.8) is 0 Å². The van der Waals surface area contributed by atoms with Crippen molar-refractivity contribution in [1.29, 1.82) is 0 Å². The first kappa shape index (κ1) is 18.0. The van der Waals surface area contributed by atoms with Gasteiger partial charge in [0.25, 0.3) is 0 Å². The number of allylic oxidation sites excluding steroid dienone is 2. The van der Waals surface area contributed by atoms with E-state index in [1.165, 1.54) is 43.8 Å². The van der Waals surface area contributed by atoms with Crippen LogP contribution in [0, 0.1) is 6.92 Å². The molecule has 0 aromatic heterocycles. The Bertz CT molecular complexity index is 1280. The molecule has 0 atom stereocenters. The lowest BCUT2D eigenvalue weighted by Gasteiger charge is -2.13. The topological polar surface area (TPSA) is 0 Å². The van der Waals surface area contributed by atoms with Gasteiger partial charge in [-0.1, -0.05) is 97.6 Å². The molecule has 0 aliphatic carbocycles. The molecule has 0 N–H and O–H groups in total. The Hall–Kier alpha value is -3.38. The summed E-state index contributed by atoms with van der Waals surface area (Å²) < 4.78 is 0. The van der Waals surface area contributed by atoms with Crippen molar-refractivity contribution < 1.29 is 0 Å². The number of rotatable bonds is 3. The predicted octanol–water partition coefficient (Wildman–Crippen LogP) is 6.00. The first-order chi connectivity index (χ1) is 13.7. The Morgan fingerprint density at radius 2 is 1.54 bits per heavy atom. The monoisotopic (exact) mass is 360 g/mol. The van der Waals surface area contributed by atoms with E-state index >= 15 is 0 Å². The number of fused-ring (bicyclic) bond motifs is 1. The molecule has 0 unspecified atom stereocenters. The minimum absolute atomic E-state index is 1.04. The molecule has 0 amide bonds. The summed E-state index contributed by atoms with van der Waals surface area (Å²) in [4.78, 5) is 0. The van der Waals surface area contributed by atoms with Gasteiger partial charge in [-0.05, 0) is 69.0 Å². The van der Waals surface area contributed by atoms with Gasteiger partial charge in [-0.25, -0.2) is 0 Å². The SMILES string of the molecule is C=c1cccc/c1=C(/C=CC)c1ccc(C)c(-c2cccc3ccccc23)c1. The van der Waals surface area contributed by atoms with Gasteiger partial charge in [0.05, 0.1) is 0 Å². The van der Waals surface area contributed by atoms with Gasteiger partial charge in [0.15, 0.2) is 0 Å². The molecule has 0 heterocycles. The van der Waals surface area contributed by atoms with E-state index in [4.69, 9.17) is 0 Å². The van der Waals surface area contributed by atoms with Crippen LogP contribution in [0.4, 0.5) is 0 Å². The van der Waals surface area contributed by atoms with E-state index in [2.05, 4.69) is 111 Å². The van der Waals surface area contributed by atoms with Crippen molar-refractivity contribution in [2.75, 3.05) is 0 Å². The molecular weight excluding hydrogens is 336 g/mol. The molecule has 0 radical (unpaired) electrons. The lowest BCUT2D eigenvalue weighted by molar-refractivity contribution is 1.43. The van der Waals surface area contributed by atoms with Crippen molar-refractivity contribution in [2.45, 2.75) is 13.8 Å². The van der Waals surface area contributed by atoms with Gasteiger partial charge in [-0.2, -0.15) is 0 Å². The van der Waals surface area contributed by atoms with E-state index < -0.39 is 0 Å². The van der Waals surface area contributed by atoms with Crippen molar-refractivity contribution in [1.82, 2.24) is 0 Å². The number of hydrogen-bond donors (Lipinski definition) is 0. The fraction of sp³-hybridized carbons (Fsp3) is 0.0714. The van der Waals surface area contributed by atoms with Crippen LogP contribution in [-0.2, 0) is 0 Å². The van der Waals surface area contributed by atoms with Crippen LogP contribution in [0.2, 0.25) is 0 Å². The Morgan fingerprint density at radius 3 is 2.36 bits per heavy atom. The fourth-order valence-electron chi connectivity index (χ4n) is 3.83. The summed E-state index contributed by atoms with van der Waals surface area (Å²) in [6, 6.07) is 30.2. The maximum absolute atomic E-state index is 4.23. The van der Waals surface area contributed by atoms with E-state index in [1.807, 2.05) is 6.07 Å². The molecule has 0 heteroatoms. The van der Waals surface area contributed by atoms with E-state index in [9.17, 15) is 0 Å². The van der Waals surface area contributed by atoms with E-state index in [0.717, 1.165) is 5.22 Å². The van der Waals surface area contributed by atoms with E-state index in [0.29, 0.717) is 0 Å². The van der Waals surface area contributed by atoms with Gasteiger partial charge in [0, 0.05) is 0 Å². The summed E-state index contributed by atoms with van der Waals surface area (Å²) >= 11 is 0. The molecule has 0 nitrogen and oxygen atoms in total. The summed E-state index contributed by atoms with van der Waals surface area (Å²) in [6.07, 6.45) is 4.28. The van der Waals surface area contributed by atoms with Gasteiger partial charge < -0.3 is 0 Å². The summed E-state index contributed by atoms with van der Waals surface area (Å²) in [5, 5.41) is 4.78. The van der Waals surface area contributed by atoms with Crippen molar-refractivity contribution >= 4 is 22.9 Å². The zero-order chi connectivity index (χ0) is 19.5. The zero-order valence-electron chi connectivity index (χ0n) is 16.4. The molecule has 0 bridgehead atoms. The molecule has 0 fully saturated rings. The van der Waals surface area contributed by atoms with Crippen LogP contribution in [0.3, 0.4) is 0 Å². The third-order valence-corrected chi connectivity index (χ3v) is 5.27. The summed E-state index contributed by atoms with van der Waals surface area (Å²) in [5.41, 5.74) is 6.25. The largest absolute Gasteiger partial charge is 0.0911 e. The fourth-order valence-corrected chi connectivity index (χ4v) is 3.83. The number of aryl methyl sites for hydroxylation is 1. The third-order valence-electron chi connectivity index (χ3n) is 5.27. The summed E-state index contributed by atoms with van der Waals surface area (Å²) in [5.74, 6) is 0. The molecule has 0 saturated carbocycles. The molecule has 4 aromatic rings. The number of benzene rings is 4. The van der Waals surface area contributed by atoms with Gasteiger partial charge in [-0.3, -0.25) is 0 Å². The Kier molecular flexibility index (Phi) is 4.95. The van der Waals surface area contributed by atoms with Crippen LogP contribution in [0.15, 0.2) is 97.1 Å². The smallest absolute Gasteiger partial charge is 0.0103 e.